The first-order chi connectivity index (χ1) is 18.0. The molecule has 2 heterocycles. The van der Waals surface area contributed by atoms with E-state index in [4.69, 9.17) is 17.3 Å². The van der Waals surface area contributed by atoms with E-state index in [2.05, 4.69) is 31.2 Å². The van der Waals surface area contributed by atoms with Gasteiger partial charge in [0.15, 0.2) is 5.82 Å². The molecule has 6 N–H and O–H groups in total. The lowest BCUT2D eigenvalue weighted by Crippen LogP contribution is -2.44. The highest BCUT2D eigenvalue weighted by atomic mass is 35.5. The van der Waals surface area contributed by atoms with Crippen molar-refractivity contribution in [2.75, 3.05) is 16.0 Å². The van der Waals surface area contributed by atoms with Crippen molar-refractivity contribution in [3.8, 4) is 0 Å². The number of nitrogens with one attached hydrogen (secondary N) is 4. The number of aromatic nitrogens is 2. The Kier molecular flexibility index (Phi) is 7.49. The highest BCUT2D eigenvalue weighted by Gasteiger charge is 2.35. The molecule has 0 saturated heterocycles. The van der Waals surface area contributed by atoms with Gasteiger partial charge in [-0.2, -0.15) is 4.98 Å². The maximum absolute atomic E-state index is 13.6. The van der Waals surface area contributed by atoms with Gasteiger partial charge in [0.05, 0.1) is 17.4 Å². The average Bonchev–Trinajstić information content (AvgIpc) is 2.93. The van der Waals surface area contributed by atoms with Crippen LogP contribution < -0.4 is 27.0 Å². The van der Waals surface area contributed by atoms with Crippen molar-refractivity contribution in [2.45, 2.75) is 45.3 Å². The number of halogens is 2. The van der Waals surface area contributed by atoms with Gasteiger partial charge < -0.3 is 27.0 Å². The third kappa shape index (κ3) is 5.67. The van der Waals surface area contributed by atoms with Crippen LogP contribution >= 0.6 is 11.6 Å². The lowest BCUT2D eigenvalue weighted by atomic mass is 9.79. The van der Waals surface area contributed by atoms with Gasteiger partial charge in [-0.3, -0.25) is 14.4 Å². The maximum Gasteiger partial charge on any atom is 0.250 e. The number of carbonyl (C=O) groups excluding carboxylic acids is 3. The summed E-state index contributed by atoms with van der Waals surface area (Å²) in [6, 6.07) is 9.31. The van der Waals surface area contributed by atoms with E-state index in [0.29, 0.717) is 17.8 Å². The second-order valence-electron chi connectivity index (χ2n) is 9.57. The topological polar surface area (TPSA) is 151 Å². The van der Waals surface area contributed by atoms with Crippen LogP contribution in [0.2, 0.25) is 5.02 Å². The number of hydrogen-bond donors (Lipinski definition) is 5. The second-order valence-corrected chi connectivity index (χ2v) is 9.98. The van der Waals surface area contributed by atoms with Gasteiger partial charge in [-0.15, -0.1) is 0 Å². The third-order valence-electron chi connectivity index (χ3n) is 6.22. The van der Waals surface area contributed by atoms with Crippen molar-refractivity contribution in [1.82, 2.24) is 15.3 Å². The first-order valence-electron chi connectivity index (χ1n) is 11.7. The number of anilines is 5. The Balaban J connectivity index is 1.63. The molecule has 1 atom stereocenters. The Labute approximate surface area is 223 Å². The van der Waals surface area contributed by atoms with Crippen LogP contribution in [-0.4, -0.2) is 33.7 Å². The molecular formula is C26H27ClFN7O3. The molecule has 3 aromatic rings. The predicted molar refractivity (Wildman–Crippen MR) is 144 cm³/mol. The monoisotopic (exact) mass is 539 g/mol. The van der Waals surface area contributed by atoms with Crippen molar-refractivity contribution >= 4 is 58.2 Å². The number of para-hydroxylation sites is 1. The summed E-state index contributed by atoms with van der Waals surface area (Å²) < 4.78 is 13.6. The fraction of sp³-hybridized carbons (Fsp3) is 0.269. The van der Waals surface area contributed by atoms with Crippen molar-refractivity contribution in [3.05, 3.63) is 64.3 Å². The minimum Gasteiger partial charge on any atom is -0.366 e. The van der Waals surface area contributed by atoms with Crippen molar-refractivity contribution in [1.29, 1.82) is 0 Å². The van der Waals surface area contributed by atoms with E-state index in [1.54, 1.807) is 6.07 Å². The van der Waals surface area contributed by atoms with Crippen LogP contribution in [0.1, 0.15) is 48.7 Å². The van der Waals surface area contributed by atoms with E-state index in [9.17, 15) is 18.8 Å². The molecule has 1 unspecified atom stereocenters. The number of nitrogens with two attached hydrogens (primary N) is 1. The molecule has 1 aromatic heterocycles. The summed E-state index contributed by atoms with van der Waals surface area (Å²) in [5, 5.41) is 11.7. The van der Waals surface area contributed by atoms with E-state index in [-0.39, 0.29) is 45.4 Å². The van der Waals surface area contributed by atoms with Gasteiger partial charge in [-0.05, 0) is 35.6 Å². The number of alkyl halides is 1. The van der Waals surface area contributed by atoms with Gasteiger partial charge in [0.25, 0.3) is 5.91 Å². The Morgan fingerprint density at radius 3 is 2.68 bits per heavy atom. The average molecular weight is 540 g/mol. The first kappa shape index (κ1) is 26.8. The fourth-order valence-corrected chi connectivity index (χ4v) is 4.58. The van der Waals surface area contributed by atoms with Gasteiger partial charge in [0.2, 0.25) is 17.8 Å². The Morgan fingerprint density at radius 2 is 2.00 bits per heavy atom. The van der Waals surface area contributed by atoms with Gasteiger partial charge >= 0.3 is 0 Å². The van der Waals surface area contributed by atoms with Gasteiger partial charge in [-0.25, -0.2) is 9.37 Å². The van der Waals surface area contributed by atoms with Crippen LogP contribution in [0.25, 0.3) is 0 Å². The smallest absolute Gasteiger partial charge is 0.250 e. The molecule has 0 spiro atoms. The number of nitrogens with zero attached hydrogens (tertiary/aromatic N) is 2. The summed E-state index contributed by atoms with van der Waals surface area (Å²) in [5.41, 5.74) is 7.60. The second kappa shape index (κ2) is 10.6. The van der Waals surface area contributed by atoms with E-state index < -0.39 is 24.0 Å². The van der Waals surface area contributed by atoms with Crippen LogP contribution in [0.3, 0.4) is 0 Å². The fourth-order valence-electron chi connectivity index (χ4n) is 4.44. The summed E-state index contributed by atoms with van der Waals surface area (Å²) in [6.45, 7) is 4.55. The van der Waals surface area contributed by atoms with E-state index in [0.717, 1.165) is 5.56 Å². The lowest BCUT2D eigenvalue weighted by Gasteiger charge is -2.27. The number of primary amides is 1. The predicted octanol–water partition coefficient (Wildman–Crippen LogP) is 4.31. The minimum absolute atomic E-state index is 0.0889. The zero-order chi connectivity index (χ0) is 27.6. The van der Waals surface area contributed by atoms with E-state index in [1.807, 2.05) is 26.0 Å². The lowest BCUT2D eigenvalue weighted by molar-refractivity contribution is -0.125. The number of rotatable bonds is 7. The molecule has 12 heteroatoms. The number of fused-ring (bicyclic) bond motifs is 1. The Hall–Kier alpha value is -4.25. The van der Waals surface area contributed by atoms with Gasteiger partial charge in [-0.1, -0.05) is 43.6 Å². The van der Waals surface area contributed by atoms with Gasteiger partial charge in [0, 0.05) is 23.9 Å². The maximum atomic E-state index is 13.6. The first-order valence-corrected chi connectivity index (χ1v) is 12.1. The molecule has 4 rings (SSSR count). The van der Waals surface area contributed by atoms with Crippen LogP contribution in [0, 0.1) is 0 Å². The number of benzene rings is 2. The molecule has 0 saturated carbocycles. The quantitative estimate of drug-likeness (QED) is 0.300. The molecule has 1 aliphatic rings. The molecule has 1 aliphatic heterocycles. The van der Waals surface area contributed by atoms with Crippen LogP contribution in [0.4, 0.5) is 33.2 Å². The molecule has 38 heavy (non-hydrogen) atoms. The Morgan fingerprint density at radius 1 is 1.24 bits per heavy atom. The molecule has 0 radical (unpaired) electrons. The van der Waals surface area contributed by atoms with Crippen LogP contribution in [-0.2, 0) is 21.7 Å². The normalized spacial score (nSPS) is 16.0. The van der Waals surface area contributed by atoms with Crippen molar-refractivity contribution in [2.24, 2.45) is 5.73 Å². The summed E-state index contributed by atoms with van der Waals surface area (Å²) in [4.78, 5) is 44.9. The number of carbonyl (C=O) groups is 3. The zero-order valence-corrected chi connectivity index (χ0v) is 21.7. The standard InChI is InChI=1S/C26H27ClFN7O3/c1-13(36)31-20-10-26(2,3)17-8-7-15(9-19(17)33-24(20)38)32-25-30-12-18(27)23(35-25)34-21-14(11-28)5-4-6-16(21)22(29)37/h4-9,12,20H,10-11H2,1-3H3,(H2,29,37)(H,31,36)(H,33,38)(H2,30,32,34,35). The zero-order valence-electron chi connectivity index (χ0n) is 21.0. The summed E-state index contributed by atoms with van der Waals surface area (Å²) in [7, 11) is 0. The molecule has 10 nitrogen and oxygen atoms in total. The molecule has 198 valence electrons. The van der Waals surface area contributed by atoms with Gasteiger partial charge in [0.1, 0.15) is 17.7 Å². The Bertz CT molecular complexity index is 1430. The minimum atomic E-state index is -0.836. The molecule has 3 amide bonds. The largest absolute Gasteiger partial charge is 0.366 e. The number of hydrogen-bond acceptors (Lipinski definition) is 7. The highest BCUT2D eigenvalue weighted by molar-refractivity contribution is 6.33. The van der Waals surface area contributed by atoms with Crippen molar-refractivity contribution < 1.29 is 18.8 Å². The van der Waals surface area contributed by atoms with E-state index >= 15 is 0 Å². The van der Waals surface area contributed by atoms with Crippen LogP contribution in [0.15, 0.2) is 42.6 Å². The molecule has 0 bridgehead atoms. The molecule has 0 aliphatic carbocycles. The van der Waals surface area contributed by atoms with Crippen LogP contribution in [0.5, 0.6) is 0 Å². The third-order valence-corrected chi connectivity index (χ3v) is 6.50. The molecule has 0 fully saturated rings. The highest BCUT2D eigenvalue weighted by Crippen LogP contribution is 2.38. The molecule has 2 aromatic carbocycles. The number of amides is 3. The SMILES string of the molecule is CC(=O)NC1CC(C)(C)c2ccc(Nc3ncc(Cl)c(Nc4c(CF)cccc4C(N)=O)n3)cc2NC1=O. The summed E-state index contributed by atoms with van der Waals surface area (Å²) in [6.07, 6.45) is 1.79. The summed E-state index contributed by atoms with van der Waals surface area (Å²) in [5.74, 6) is -1.03. The van der Waals surface area contributed by atoms with Crippen molar-refractivity contribution in [3.63, 3.8) is 0 Å². The molecular weight excluding hydrogens is 513 g/mol. The van der Waals surface area contributed by atoms with E-state index in [1.165, 1.54) is 31.3 Å². The summed E-state index contributed by atoms with van der Waals surface area (Å²) >= 11 is 6.28.